The largest absolute Gasteiger partial charge is 0.338 e. The van der Waals surface area contributed by atoms with E-state index >= 15 is 0 Å². The molecular formula is C13H6Cl2F2N2. The molecule has 0 aliphatic carbocycles. The monoisotopic (exact) mass is 298 g/mol. The van der Waals surface area contributed by atoms with E-state index < -0.39 is 11.6 Å². The van der Waals surface area contributed by atoms with E-state index in [0.717, 1.165) is 12.1 Å². The van der Waals surface area contributed by atoms with Crippen molar-refractivity contribution in [1.82, 2.24) is 9.97 Å². The van der Waals surface area contributed by atoms with Crippen molar-refractivity contribution in [3.05, 3.63) is 52.0 Å². The maximum absolute atomic E-state index is 13.8. The van der Waals surface area contributed by atoms with E-state index in [1.807, 2.05) is 0 Å². The lowest BCUT2D eigenvalue weighted by molar-refractivity contribution is 0.602. The van der Waals surface area contributed by atoms with Gasteiger partial charge in [0.1, 0.15) is 17.5 Å². The maximum Gasteiger partial charge on any atom is 0.142 e. The van der Waals surface area contributed by atoms with Crippen LogP contribution in [0.2, 0.25) is 10.0 Å². The number of H-pyrrole nitrogens is 1. The molecule has 0 bridgehead atoms. The van der Waals surface area contributed by atoms with Crippen LogP contribution >= 0.6 is 23.2 Å². The van der Waals surface area contributed by atoms with Crippen LogP contribution in [0.5, 0.6) is 0 Å². The molecule has 0 spiro atoms. The van der Waals surface area contributed by atoms with Crippen molar-refractivity contribution in [2.75, 3.05) is 0 Å². The lowest BCUT2D eigenvalue weighted by Crippen LogP contribution is -1.89. The van der Waals surface area contributed by atoms with Gasteiger partial charge in [-0.05, 0) is 30.3 Å². The summed E-state index contributed by atoms with van der Waals surface area (Å²) < 4.78 is 27.2. The molecule has 2 nitrogen and oxygen atoms in total. The van der Waals surface area contributed by atoms with Crippen LogP contribution in [-0.2, 0) is 0 Å². The second kappa shape index (κ2) is 4.47. The number of nitrogens with one attached hydrogen (secondary N) is 1. The topological polar surface area (TPSA) is 28.7 Å². The summed E-state index contributed by atoms with van der Waals surface area (Å²) in [6, 6.07) is 6.97. The zero-order valence-corrected chi connectivity index (χ0v) is 10.9. The van der Waals surface area contributed by atoms with E-state index in [9.17, 15) is 8.78 Å². The van der Waals surface area contributed by atoms with Crippen molar-refractivity contribution in [1.29, 1.82) is 0 Å². The first-order valence-corrected chi connectivity index (χ1v) is 6.10. The molecule has 0 saturated heterocycles. The molecule has 0 saturated carbocycles. The number of rotatable bonds is 1. The average Bonchev–Trinajstić information content (AvgIpc) is 2.76. The summed E-state index contributed by atoms with van der Waals surface area (Å²) in [5.41, 5.74) is 1.29. The molecule has 0 aliphatic heterocycles. The lowest BCUT2D eigenvalue weighted by atomic mass is 10.2. The van der Waals surface area contributed by atoms with Crippen molar-refractivity contribution in [2.45, 2.75) is 0 Å². The summed E-state index contributed by atoms with van der Waals surface area (Å²) in [4.78, 5) is 7.09. The Morgan fingerprint density at radius 1 is 1.00 bits per heavy atom. The Morgan fingerprint density at radius 2 is 1.79 bits per heavy atom. The first kappa shape index (κ1) is 12.4. The molecule has 0 fully saturated rings. The number of halogens is 4. The van der Waals surface area contributed by atoms with Gasteiger partial charge in [0.25, 0.3) is 0 Å². The Balaban J connectivity index is 2.21. The summed E-state index contributed by atoms with van der Waals surface area (Å²) in [5, 5.41) is 0.269. The Labute approximate surface area is 117 Å². The minimum absolute atomic E-state index is 0.0224. The molecule has 0 amide bonds. The van der Waals surface area contributed by atoms with Crippen LogP contribution in [0, 0.1) is 11.6 Å². The van der Waals surface area contributed by atoms with E-state index in [1.54, 1.807) is 18.2 Å². The molecule has 0 aliphatic rings. The molecule has 3 aromatic rings. The van der Waals surface area contributed by atoms with E-state index in [4.69, 9.17) is 23.2 Å². The van der Waals surface area contributed by atoms with Crippen LogP contribution in [-0.4, -0.2) is 9.97 Å². The molecule has 1 heterocycles. The van der Waals surface area contributed by atoms with Crippen LogP contribution in [0.1, 0.15) is 0 Å². The number of aromatic amines is 1. The Bertz CT molecular complexity index is 784. The number of nitrogens with zero attached hydrogens (tertiary/aromatic N) is 1. The fourth-order valence-corrected chi connectivity index (χ4v) is 2.14. The van der Waals surface area contributed by atoms with Gasteiger partial charge in [-0.15, -0.1) is 0 Å². The van der Waals surface area contributed by atoms with Gasteiger partial charge in [-0.1, -0.05) is 23.2 Å². The molecule has 1 N–H and O–H groups in total. The third-order valence-corrected chi connectivity index (χ3v) is 3.23. The lowest BCUT2D eigenvalue weighted by Gasteiger charge is -2.01. The summed E-state index contributed by atoms with van der Waals surface area (Å²) in [6.07, 6.45) is 0. The maximum atomic E-state index is 13.8. The molecule has 96 valence electrons. The normalized spacial score (nSPS) is 11.2. The van der Waals surface area contributed by atoms with Crippen molar-refractivity contribution in [3.8, 4) is 11.4 Å². The van der Waals surface area contributed by atoms with Gasteiger partial charge in [0.05, 0.1) is 21.6 Å². The number of benzene rings is 2. The third-order valence-electron chi connectivity index (χ3n) is 2.71. The van der Waals surface area contributed by atoms with Crippen LogP contribution in [0.25, 0.3) is 22.4 Å². The molecule has 0 unspecified atom stereocenters. The first-order chi connectivity index (χ1) is 9.04. The Kier molecular flexibility index (Phi) is 2.92. The molecule has 2 aromatic carbocycles. The van der Waals surface area contributed by atoms with E-state index in [2.05, 4.69) is 9.97 Å². The van der Waals surface area contributed by atoms with E-state index in [0.29, 0.717) is 16.1 Å². The SMILES string of the molecule is Fc1cc(-c2nc3ccc(Cl)cc3[nH]2)c(F)cc1Cl. The summed E-state index contributed by atoms with van der Waals surface area (Å²) in [5.74, 6) is -1.11. The minimum atomic E-state index is -0.698. The molecule has 6 heteroatoms. The number of imidazole rings is 1. The molecule has 0 radical (unpaired) electrons. The van der Waals surface area contributed by atoms with Crippen LogP contribution in [0.15, 0.2) is 30.3 Å². The summed E-state index contributed by atoms with van der Waals surface area (Å²) in [6.45, 7) is 0. The molecule has 3 rings (SSSR count). The van der Waals surface area contributed by atoms with Gasteiger partial charge in [-0.2, -0.15) is 0 Å². The predicted molar refractivity (Wildman–Crippen MR) is 71.5 cm³/mol. The molecular weight excluding hydrogens is 293 g/mol. The second-order valence-corrected chi connectivity index (χ2v) is 4.84. The zero-order chi connectivity index (χ0) is 13.6. The van der Waals surface area contributed by atoms with Crippen LogP contribution in [0.4, 0.5) is 8.78 Å². The van der Waals surface area contributed by atoms with Crippen molar-refractivity contribution in [3.63, 3.8) is 0 Å². The highest BCUT2D eigenvalue weighted by atomic mass is 35.5. The smallest absolute Gasteiger partial charge is 0.142 e. The van der Waals surface area contributed by atoms with Gasteiger partial charge in [-0.25, -0.2) is 13.8 Å². The Morgan fingerprint density at radius 3 is 2.58 bits per heavy atom. The molecule has 19 heavy (non-hydrogen) atoms. The van der Waals surface area contributed by atoms with Gasteiger partial charge in [0.2, 0.25) is 0 Å². The summed E-state index contributed by atoms with van der Waals surface area (Å²) in [7, 11) is 0. The second-order valence-electron chi connectivity index (χ2n) is 3.99. The number of fused-ring (bicyclic) bond motifs is 1. The van der Waals surface area contributed by atoms with Crippen molar-refractivity contribution < 1.29 is 8.78 Å². The predicted octanol–water partition coefficient (Wildman–Crippen LogP) is 4.81. The number of hydrogen-bond donors (Lipinski definition) is 1. The first-order valence-electron chi connectivity index (χ1n) is 5.35. The number of aromatic nitrogens is 2. The van der Waals surface area contributed by atoms with Gasteiger partial charge >= 0.3 is 0 Å². The highest BCUT2D eigenvalue weighted by Crippen LogP contribution is 2.28. The number of hydrogen-bond acceptors (Lipinski definition) is 1. The van der Waals surface area contributed by atoms with E-state index in [1.165, 1.54) is 0 Å². The molecule has 0 atom stereocenters. The van der Waals surface area contributed by atoms with Gasteiger partial charge in [-0.3, -0.25) is 0 Å². The van der Waals surface area contributed by atoms with Gasteiger partial charge in [0, 0.05) is 5.02 Å². The van der Waals surface area contributed by atoms with E-state index in [-0.39, 0.29) is 16.4 Å². The highest BCUT2D eigenvalue weighted by Gasteiger charge is 2.14. The average molecular weight is 299 g/mol. The van der Waals surface area contributed by atoms with Crippen molar-refractivity contribution in [2.24, 2.45) is 0 Å². The third kappa shape index (κ3) is 2.17. The van der Waals surface area contributed by atoms with Crippen LogP contribution in [0.3, 0.4) is 0 Å². The highest BCUT2D eigenvalue weighted by molar-refractivity contribution is 6.31. The zero-order valence-electron chi connectivity index (χ0n) is 9.35. The fraction of sp³-hybridized carbons (Fsp3) is 0. The van der Waals surface area contributed by atoms with Crippen LogP contribution < -0.4 is 0 Å². The van der Waals surface area contributed by atoms with Crippen molar-refractivity contribution >= 4 is 34.2 Å². The standard InChI is InChI=1S/C13H6Cl2F2N2/c14-6-1-2-11-12(3-6)19-13(18-11)7-4-10(17)8(15)5-9(7)16/h1-5H,(H,18,19). The van der Waals surface area contributed by atoms with Gasteiger partial charge in [0.15, 0.2) is 0 Å². The quantitative estimate of drug-likeness (QED) is 0.641. The van der Waals surface area contributed by atoms with Gasteiger partial charge < -0.3 is 4.98 Å². The summed E-state index contributed by atoms with van der Waals surface area (Å²) >= 11 is 11.4. The molecule has 1 aromatic heterocycles. The Hall–Kier alpha value is -1.65. The minimum Gasteiger partial charge on any atom is -0.338 e. The fourth-order valence-electron chi connectivity index (χ4n) is 1.81.